The molecule has 0 N–H and O–H groups in total. The Balaban J connectivity index is 1.61. The Hall–Kier alpha value is -2.52. The minimum atomic E-state index is -3.61. The summed E-state index contributed by atoms with van der Waals surface area (Å²) in [5.74, 6) is -0.726. The second kappa shape index (κ2) is 6.58. The highest BCUT2D eigenvalue weighted by atomic mass is 32.2. The maximum atomic E-state index is 13.3. The summed E-state index contributed by atoms with van der Waals surface area (Å²) < 4.78 is 43.3. The van der Waals surface area contributed by atoms with Crippen molar-refractivity contribution in [1.29, 1.82) is 0 Å². The Labute approximate surface area is 155 Å². The molecule has 0 unspecified atom stereocenters. The van der Waals surface area contributed by atoms with Crippen LogP contribution in [-0.2, 0) is 22.8 Å². The number of rotatable bonds is 4. The van der Waals surface area contributed by atoms with Crippen molar-refractivity contribution in [3.8, 4) is 0 Å². The van der Waals surface area contributed by atoms with Crippen LogP contribution in [0.1, 0.15) is 18.0 Å². The first-order chi connectivity index (χ1) is 12.9. The second-order valence-electron chi connectivity index (χ2n) is 6.74. The molecule has 0 amide bonds. The number of hydrogen-bond acceptors (Lipinski definition) is 4. The first-order valence-corrected chi connectivity index (χ1v) is 10.2. The van der Waals surface area contributed by atoms with Crippen LogP contribution in [0.3, 0.4) is 0 Å². The molecular formula is C18H19FN4O3S. The smallest absolute Gasteiger partial charge is 0.293 e. The molecule has 1 aromatic carbocycles. The predicted octanol–water partition coefficient (Wildman–Crippen LogP) is 1.65. The molecule has 1 aliphatic rings. The number of aryl methyl sites for hydroxylation is 1. The fourth-order valence-corrected chi connectivity index (χ4v) is 5.19. The molecule has 1 atom stereocenters. The zero-order valence-electron chi connectivity index (χ0n) is 14.7. The van der Waals surface area contributed by atoms with Crippen molar-refractivity contribution in [2.75, 3.05) is 13.1 Å². The monoisotopic (exact) mass is 390 g/mol. The van der Waals surface area contributed by atoms with Crippen molar-refractivity contribution < 1.29 is 12.8 Å². The lowest BCUT2D eigenvalue weighted by Gasteiger charge is -2.17. The summed E-state index contributed by atoms with van der Waals surface area (Å²) in [5.41, 5.74) is 1.46. The summed E-state index contributed by atoms with van der Waals surface area (Å²) in [5, 5.41) is 0. The Morgan fingerprint density at radius 1 is 1.26 bits per heavy atom. The zero-order valence-corrected chi connectivity index (χ0v) is 15.6. The van der Waals surface area contributed by atoms with Crippen LogP contribution >= 0.6 is 0 Å². The van der Waals surface area contributed by atoms with Gasteiger partial charge in [-0.25, -0.2) is 22.6 Å². The number of benzene rings is 1. The molecule has 9 heteroatoms. The van der Waals surface area contributed by atoms with Gasteiger partial charge in [-0.3, -0.25) is 9.13 Å². The van der Waals surface area contributed by atoms with Crippen LogP contribution < -0.4 is 5.69 Å². The first-order valence-electron chi connectivity index (χ1n) is 8.61. The van der Waals surface area contributed by atoms with Gasteiger partial charge < -0.3 is 0 Å². The van der Waals surface area contributed by atoms with Gasteiger partial charge in [-0.1, -0.05) is 12.1 Å². The number of hydrogen-bond donors (Lipinski definition) is 0. The van der Waals surface area contributed by atoms with Gasteiger partial charge in [0.15, 0.2) is 5.65 Å². The Kier molecular flexibility index (Phi) is 4.35. The second-order valence-corrected chi connectivity index (χ2v) is 8.71. The summed E-state index contributed by atoms with van der Waals surface area (Å²) in [6.45, 7) is 0.519. The molecule has 7 nitrogen and oxygen atoms in total. The molecule has 3 aromatic rings. The third-order valence-corrected chi connectivity index (χ3v) is 6.79. The van der Waals surface area contributed by atoms with E-state index in [1.807, 2.05) is 6.07 Å². The molecule has 0 bridgehead atoms. The normalized spacial score (nSPS) is 18.4. The minimum absolute atomic E-state index is 0.202. The Bertz CT molecular complexity index is 1170. The number of aromatic nitrogens is 3. The molecule has 27 heavy (non-hydrogen) atoms. The highest BCUT2D eigenvalue weighted by Gasteiger charge is 2.34. The molecule has 3 heterocycles. The van der Waals surface area contributed by atoms with Gasteiger partial charge in [-0.05, 0) is 36.2 Å². The summed E-state index contributed by atoms with van der Waals surface area (Å²) in [4.78, 5) is 16.9. The molecule has 0 spiro atoms. The van der Waals surface area contributed by atoms with E-state index in [4.69, 9.17) is 0 Å². The van der Waals surface area contributed by atoms with Crippen molar-refractivity contribution in [2.24, 2.45) is 7.05 Å². The quantitative estimate of drug-likeness (QED) is 0.679. The predicted molar refractivity (Wildman–Crippen MR) is 99.2 cm³/mol. The van der Waals surface area contributed by atoms with E-state index in [1.165, 1.54) is 27.1 Å². The van der Waals surface area contributed by atoms with Gasteiger partial charge in [-0.15, -0.1) is 0 Å². The SMILES string of the molecule is Cn1c(=O)n([C@@H]2CCN(S(=O)(=O)Cc3cccc(F)c3)C2)c2ncccc21. The van der Waals surface area contributed by atoms with E-state index >= 15 is 0 Å². The Morgan fingerprint density at radius 2 is 2.07 bits per heavy atom. The van der Waals surface area contributed by atoms with Crippen LogP contribution in [0.25, 0.3) is 11.2 Å². The summed E-state index contributed by atoms with van der Waals surface area (Å²) in [6.07, 6.45) is 2.14. The number of nitrogens with zero attached hydrogens (tertiary/aromatic N) is 4. The molecular weight excluding hydrogens is 371 g/mol. The van der Waals surface area contributed by atoms with E-state index in [9.17, 15) is 17.6 Å². The highest BCUT2D eigenvalue weighted by Crippen LogP contribution is 2.27. The molecule has 142 valence electrons. The molecule has 0 radical (unpaired) electrons. The van der Waals surface area contributed by atoms with Crippen LogP contribution in [0.4, 0.5) is 4.39 Å². The van der Waals surface area contributed by atoms with Crippen molar-refractivity contribution in [2.45, 2.75) is 18.2 Å². The number of imidazole rings is 1. The van der Waals surface area contributed by atoms with E-state index in [0.717, 1.165) is 0 Å². The van der Waals surface area contributed by atoms with Gasteiger partial charge in [0.1, 0.15) is 5.82 Å². The largest absolute Gasteiger partial charge is 0.330 e. The fourth-order valence-electron chi connectivity index (χ4n) is 3.62. The Morgan fingerprint density at radius 3 is 2.85 bits per heavy atom. The number of sulfonamides is 1. The first kappa shape index (κ1) is 17.9. The lowest BCUT2D eigenvalue weighted by atomic mass is 10.2. The highest BCUT2D eigenvalue weighted by molar-refractivity contribution is 7.88. The standard InChI is InChI=1S/C18H19FN4O3S/c1-21-16-6-3-8-20-17(16)23(18(21)24)15-7-9-22(11-15)27(25,26)12-13-4-2-5-14(19)10-13/h2-6,8,10,15H,7,9,11-12H2,1H3/t15-/m1/s1. The maximum absolute atomic E-state index is 13.3. The molecule has 2 aromatic heterocycles. The van der Waals surface area contributed by atoms with Crippen LogP contribution in [0.5, 0.6) is 0 Å². The topological polar surface area (TPSA) is 77.2 Å². The van der Waals surface area contributed by atoms with E-state index in [0.29, 0.717) is 29.7 Å². The van der Waals surface area contributed by atoms with E-state index in [2.05, 4.69) is 4.98 Å². The van der Waals surface area contributed by atoms with Gasteiger partial charge in [0.25, 0.3) is 0 Å². The number of fused-ring (bicyclic) bond motifs is 1. The van der Waals surface area contributed by atoms with Gasteiger partial charge in [0.2, 0.25) is 10.0 Å². The molecule has 1 aliphatic heterocycles. The number of pyridine rings is 1. The molecule has 4 rings (SSSR count). The van der Waals surface area contributed by atoms with Gasteiger partial charge >= 0.3 is 5.69 Å². The fraction of sp³-hybridized carbons (Fsp3) is 0.333. The van der Waals surface area contributed by atoms with Crippen molar-refractivity contribution in [3.63, 3.8) is 0 Å². The van der Waals surface area contributed by atoms with Crippen molar-refractivity contribution in [1.82, 2.24) is 18.4 Å². The average molecular weight is 390 g/mol. The number of halogens is 1. The average Bonchev–Trinajstić information content (AvgIpc) is 3.20. The van der Waals surface area contributed by atoms with Crippen molar-refractivity contribution in [3.05, 3.63) is 64.5 Å². The summed E-state index contributed by atoms with van der Waals surface area (Å²) >= 11 is 0. The van der Waals surface area contributed by atoms with E-state index < -0.39 is 15.8 Å². The lowest BCUT2D eigenvalue weighted by molar-refractivity contribution is 0.448. The van der Waals surface area contributed by atoms with E-state index in [1.54, 1.807) is 29.9 Å². The third-order valence-electron chi connectivity index (χ3n) is 4.97. The van der Waals surface area contributed by atoms with Crippen LogP contribution in [0, 0.1) is 5.82 Å². The minimum Gasteiger partial charge on any atom is -0.293 e. The summed E-state index contributed by atoms with van der Waals surface area (Å²) in [7, 11) is -1.93. The van der Waals surface area contributed by atoms with E-state index in [-0.39, 0.29) is 24.0 Å². The van der Waals surface area contributed by atoms with Gasteiger partial charge in [0.05, 0.1) is 17.3 Å². The molecule has 1 fully saturated rings. The maximum Gasteiger partial charge on any atom is 0.330 e. The molecule has 1 saturated heterocycles. The van der Waals surface area contributed by atoms with Gasteiger partial charge in [-0.2, -0.15) is 4.31 Å². The lowest BCUT2D eigenvalue weighted by Crippen LogP contribution is -2.32. The van der Waals surface area contributed by atoms with Crippen LogP contribution in [-0.4, -0.2) is 39.9 Å². The van der Waals surface area contributed by atoms with Crippen LogP contribution in [0.2, 0.25) is 0 Å². The molecule has 0 aliphatic carbocycles. The molecule has 0 saturated carbocycles. The van der Waals surface area contributed by atoms with Crippen LogP contribution in [0.15, 0.2) is 47.4 Å². The van der Waals surface area contributed by atoms with Gasteiger partial charge in [0, 0.05) is 26.3 Å². The summed E-state index contributed by atoms with van der Waals surface area (Å²) in [6, 6.07) is 8.89. The third kappa shape index (κ3) is 3.17. The van der Waals surface area contributed by atoms with Crippen molar-refractivity contribution >= 4 is 21.2 Å². The zero-order chi connectivity index (χ0) is 19.2.